The zero-order valence-electron chi connectivity index (χ0n) is 15.7. The largest absolute Gasteiger partial charge is 0.497 e. The predicted molar refractivity (Wildman–Crippen MR) is 101 cm³/mol. The first-order valence-electron chi connectivity index (χ1n) is 9.42. The smallest absolute Gasteiger partial charge is 0.345 e. The fraction of sp³-hybridized carbons (Fsp3) is 0.526. The van der Waals surface area contributed by atoms with Crippen LogP contribution in [0.2, 0.25) is 0 Å². The van der Waals surface area contributed by atoms with E-state index < -0.39 is 0 Å². The fourth-order valence-corrected chi connectivity index (χ4v) is 3.67. The van der Waals surface area contributed by atoms with Gasteiger partial charge in [0.1, 0.15) is 11.6 Å². The molecule has 1 aromatic heterocycles. The lowest BCUT2D eigenvalue weighted by atomic mass is 9.96. The third-order valence-corrected chi connectivity index (χ3v) is 5.38. The molecule has 2 fully saturated rings. The third-order valence-electron chi connectivity index (χ3n) is 5.38. The summed E-state index contributed by atoms with van der Waals surface area (Å²) in [6.45, 7) is 1.31. The number of anilines is 1. The van der Waals surface area contributed by atoms with Gasteiger partial charge in [-0.2, -0.15) is 5.10 Å². The van der Waals surface area contributed by atoms with Gasteiger partial charge in [0, 0.05) is 37.8 Å². The number of nitrogens with zero attached hydrogens (tertiary/aromatic N) is 4. The molecule has 144 valence electrons. The van der Waals surface area contributed by atoms with Crippen molar-refractivity contribution in [2.75, 3.05) is 25.5 Å². The number of amides is 2. The highest BCUT2D eigenvalue weighted by molar-refractivity contribution is 5.89. The Morgan fingerprint density at radius 1 is 1.15 bits per heavy atom. The van der Waals surface area contributed by atoms with Gasteiger partial charge >= 0.3 is 11.7 Å². The molecule has 2 amide bonds. The van der Waals surface area contributed by atoms with Crippen LogP contribution in [0.3, 0.4) is 0 Å². The Hall–Kier alpha value is -2.77. The van der Waals surface area contributed by atoms with Crippen LogP contribution in [0.1, 0.15) is 43.5 Å². The van der Waals surface area contributed by atoms with Gasteiger partial charge < -0.3 is 15.0 Å². The van der Waals surface area contributed by atoms with E-state index >= 15 is 0 Å². The molecule has 0 spiro atoms. The van der Waals surface area contributed by atoms with Crippen LogP contribution in [0.25, 0.3) is 0 Å². The molecule has 1 aromatic carbocycles. The van der Waals surface area contributed by atoms with Crippen molar-refractivity contribution in [2.24, 2.45) is 7.05 Å². The first-order chi connectivity index (χ1) is 13.1. The molecule has 1 N–H and O–H groups in total. The maximum atomic E-state index is 12.5. The maximum Gasteiger partial charge on any atom is 0.345 e. The average Bonchev–Trinajstić information content (AvgIpc) is 3.48. The van der Waals surface area contributed by atoms with Crippen LogP contribution >= 0.6 is 0 Å². The van der Waals surface area contributed by atoms with Gasteiger partial charge in [0.2, 0.25) is 0 Å². The van der Waals surface area contributed by atoms with E-state index in [0.717, 1.165) is 42.9 Å². The van der Waals surface area contributed by atoms with Gasteiger partial charge in [0.05, 0.1) is 7.11 Å². The lowest BCUT2D eigenvalue weighted by Crippen LogP contribution is -2.41. The van der Waals surface area contributed by atoms with Crippen molar-refractivity contribution in [3.63, 3.8) is 0 Å². The molecule has 1 saturated carbocycles. The van der Waals surface area contributed by atoms with Gasteiger partial charge in [-0.15, -0.1) is 0 Å². The van der Waals surface area contributed by atoms with Crippen LogP contribution in [0.15, 0.2) is 29.1 Å². The van der Waals surface area contributed by atoms with Crippen LogP contribution in [-0.2, 0) is 7.05 Å². The zero-order valence-corrected chi connectivity index (χ0v) is 15.7. The summed E-state index contributed by atoms with van der Waals surface area (Å²) in [5, 5.41) is 7.41. The molecule has 0 atom stereocenters. The molecule has 27 heavy (non-hydrogen) atoms. The minimum Gasteiger partial charge on any atom is -0.497 e. The number of carbonyl (C=O) groups excluding carboxylic acids is 1. The number of hydrogen-bond donors (Lipinski definition) is 1. The van der Waals surface area contributed by atoms with Gasteiger partial charge in [-0.05, 0) is 49.9 Å². The number of rotatable bonds is 4. The second-order valence-corrected chi connectivity index (χ2v) is 7.29. The number of methoxy groups -OCH3 is 1. The molecule has 0 unspecified atom stereocenters. The summed E-state index contributed by atoms with van der Waals surface area (Å²) in [4.78, 5) is 26.7. The van der Waals surface area contributed by atoms with Gasteiger partial charge in [0.15, 0.2) is 0 Å². The summed E-state index contributed by atoms with van der Waals surface area (Å²) in [6.07, 6.45) is 3.75. The lowest BCUT2D eigenvalue weighted by Gasteiger charge is -2.31. The lowest BCUT2D eigenvalue weighted by molar-refractivity contribution is 0.192. The summed E-state index contributed by atoms with van der Waals surface area (Å²) in [7, 11) is 3.32. The van der Waals surface area contributed by atoms with Gasteiger partial charge in [0.25, 0.3) is 0 Å². The second-order valence-electron chi connectivity index (χ2n) is 7.29. The van der Waals surface area contributed by atoms with E-state index in [2.05, 4.69) is 10.4 Å². The highest BCUT2D eigenvalue weighted by Gasteiger charge is 2.34. The zero-order chi connectivity index (χ0) is 19.0. The summed E-state index contributed by atoms with van der Waals surface area (Å²) in [5.74, 6) is 1.87. The number of hydrogen-bond acceptors (Lipinski definition) is 4. The van der Waals surface area contributed by atoms with Crippen molar-refractivity contribution in [2.45, 2.75) is 37.6 Å². The molecule has 8 heteroatoms. The van der Waals surface area contributed by atoms with E-state index in [9.17, 15) is 9.59 Å². The average molecular weight is 371 g/mol. The molecule has 8 nitrogen and oxygen atoms in total. The highest BCUT2D eigenvalue weighted by Crippen LogP contribution is 2.37. The number of aryl methyl sites for hydroxylation is 1. The topological polar surface area (TPSA) is 81.4 Å². The summed E-state index contributed by atoms with van der Waals surface area (Å²) in [5.41, 5.74) is 0.724. The van der Waals surface area contributed by atoms with Gasteiger partial charge in [-0.3, -0.25) is 4.57 Å². The predicted octanol–water partition coefficient (Wildman–Crippen LogP) is 2.34. The second kappa shape index (κ2) is 7.09. The molecule has 2 heterocycles. The Labute approximate surface area is 157 Å². The van der Waals surface area contributed by atoms with E-state index in [1.807, 2.05) is 33.7 Å². The van der Waals surface area contributed by atoms with Gasteiger partial charge in [-0.25, -0.2) is 14.3 Å². The van der Waals surface area contributed by atoms with E-state index in [1.54, 1.807) is 14.2 Å². The fourth-order valence-electron chi connectivity index (χ4n) is 3.67. The monoisotopic (exact) mass is 371 g/mol. The summed E-state index contributed by atoms with van der Waals surface area (Å²) >= 11 is 0. The SMILES string of the molecule is COc1ccc(NC(=O)N2CCC(c3nn(C)c(=O)n3C3CC3)CC2)cc1. The van der Waals surface area contributed by atoms with Crippen LogP contribution in [0, 0.1) is 0 Å². The molecule has 1 saturated heterocycles. The van der Waals surface area contributed by atoms with Crippen LogP contribution < -0.4 is 15.7 Å². The number of carbonyl (C=O) groups is 1. The first-order valence-corrected chi connectivity index (χ1v) is 9.42. The maximum absolute atomic E-state index is 12.5. The van der Waals surface area contributed by atoms with E-state index in [4.69, 9.17) is 4.74 Å². The number of benzene rings is 1. The van der Waals surface area contributed by atoms with Crippen LogP contribution in [-0.4, -0.2) is 45.5 Å². The Balaban J connectivity index is 1.38. The number of ether oxygens (including phenoxy) is 1. The van der Waals surface area contributed by atoms with Gasteiger partial charge in [-0.1, -0.05) is 0 Å². The van der Waals surface area contributed by atoms with E-state index in [0.29, 0.717) is 19.1 Å². The highest BCUT2D eigenvalue weighted by atomic mass is 16.5. The minimum atomic E-state index is -0.0979. The molecule has 1 aliphatic heterocycles. The Morgan fingerprint density at radius 3 is 2.41 bits per heavy atom. The number of likely N-dealkylation sites (tertiary alicyclic amines) is 1. The number of nitrogens with one attached hydrogen (secondary N) is 1. The van der Waals surface area contributed by atoms with Crippen LogP contribution in [0.4, 0.5) is 10.5 Å². The molecule has 2 aliphatic rings. The quantitative estimate of drug-likeness (QED) is 0.894. The van der Waals surface area contributed by atoms with Crippen molar-refractivity contribution in [1.82, 2.24) is 19.2 Å². The number of urea groups is 1. The van der Waals surface area contributed by atoms with Crippen molar-refractivity contribution < 1.29 is 9.53 Å². The van der Waals surface area contributed by atoms with Crippen molar-refractivity contribution in [3.8, 4) is 5.75 Å². The number of aromatic nitrogens is 3. The molecule has 0 bridgehead atoms. The van der Waals surface area contributed by atoms with Crippen molar-refractivity contribution in [1.29, 1.82) is 0 Å². The normalized spacial score (nSPS) is 17.8. The molecule has 2 aromatic rings. The van der Waals surface area contributed by atoms with E-state index in [1.165, 1.54) is 4.68 Å². The standard InChI is InChI=1S/C19H25N5O3/c1-22-19(26)24(15-5-6-15)17(21-22)13-9-11-23(12-10-13)18(25)20-14-3-7-16(27-2)8-4-14/h3-4,7-8,13,15H,5-6,9-12H2,1-2H3,(H,20,25). The van der Waals surface area contributed by atoms with Crippen molar-refractivity contribution >= 4 is 11.7 Å². The molecule has 4 rings (SSSR count). The Bertz CT molecular complexity index is 874. The molecule has 0 radical (unpaired) electrons. The Morgan fingerprint density at radius 2 is 1.81 bits per heavy atom. The Kier molecular flexibility index (Phi) is 4.63. The minimum absolute atomic E-state index is 0.0211. The first kappa shape index (κ1) is 17.6. The third kappa shape index (κ3) is 3.56. The number of piperidine rings is 1. The van der Waals surface area contributed by atoms with Crippen molar-refractivity contribution in [3.05, 3.63) is 40.6 Å². The summed E-state index contributed by atoms with van der Waals surface area (Å²) in [6, 6.07) is 7.51. The molecule has 1 aliphatic carbocycles. The van der Waals surface area contributed by atoms with E-state index in [-0.39, 0.29) is 17.6 Å². The van der Waals surface area contributed by atoms with Crippen LogP contribution in [0.5, 0.6) is 5.75 Å². The molecular weight excluding hydrogens is 346 g/mol. The summed E-state index contributed by atoms with van der Waals surface area (Å²) < 4.78 is 8.44. The molecular formula is C19H25N5O3.